The molecule has 47 atom stereocenters. The molecule has 730 valence electrons. The van der Waals surface area contributed by atoms with E-state index in [1.165, 1.54) is 16.7 Å². The molecule has 0 radical (unpaired) electrons. The predicted octanol–water partition coefficient (Wildman–Crippen LogP) is 17.6. The fourth-order valence-electron chi connectivity index (χ4n) is 33.4. The highest BCUT2D eigenvalue weighted by Crippen LogP contribution is 2.70. The van der Waals surface area contributed by atoms with Crippen LogP contribution in [0.25, 0.3) is 0 Å². The minimum absolute atomic E-state index is 0.0423. The van der Waals surface area contributed by atoms with Crippen LogP contribution >= 0.6 is 79.6 Å². The van der Waals surface area contributed by atoms with Gasteiger partial charge in [-0.25, -0.2) is 0 Å². The Hall–Kier alpha value is -1.95. The van der Waals surface area contributed by atoms with Crippen LogP contribution in [-0.4, -0.2) is 197 Å². The van der Waals surface area contributed by atoms with Crippen LogP contribution in [0.15, 0.2) is 59.3 Å². The Morgan fingerprint density at radius 3 is 1.15 bits per heavy atom. The Morgan fingerprint density at radius 2 is 0.685 bits per heavy atom. The molecule has 15 fully saturated rings. The largest absolute Gasteiger partial charge is 0.461 e. The maximum atomic E-state index is 11.9. The maximum Gasteiger partial charge on any atom is 0.305 e. The van der Waals surface area contributed by atoms with Crippen LogP contribution in [0, 0.1) is 157 Å². The van der Waals surface area contributed by atoms with Gasteiger partial charge in [-0.1, -0.05) is 208 Å². The number of hydrogen-bond donors (Lipinski definition) is 10. The van der Waals surface area contributed by atoms with Gasteiger partial charge in [0.25, 0.3) is 0 Å². The van der Waals surface area contributed by atoms with Crippen molar-refractivity contribution >= 4 is 109 Å². The van der Waals surface area contributed by atoms with E-state index in [0.717, 1.165) is 161 Å². The molecular weight excluding hydrogens is 1980 g/mol. The molecule has 20 aliphatic carbocycles. The number of aliphatic hydroxyl groups excluding tert-OH is 10. The number of esters is 5. The number of ether oxygens (including phenoxy) is 5. The second-order valence-electron chi connectivity index (χ2n) is 45.8. The Kier molecular flexibility index (Phi) is 31.5. The fraction of sp³-hybridized carbons (Fsp3) is 0.857. The number of aliphatic hydroxyl groups is 10. The first-order valence-electron chi connectivity index (χ1n) is 51.2. The molecular formula is C105H155Br5O20. The highest BCUT2D eigenvalue weighted by atomic mass is 79.9. The third kappa shape index (κ3) is 18.9. The summed E-state index contributed by atoms with van der Waals surface area (Å²) in [5, 5.41) is 106. The fourth-order valence-corrected chi connectivity index (χ4v) is 38.1. The van der Waals surface area contributed by atoms with Gasteiger partial charge in [0, 0.05) is 67.1 Å². The summed E-state index contributed by atoms with van der Waals surface area (Å²) in [6, 6.07) is 0. The zero-order chi connectivity index (χ0) is 93.2. The summed E-state index contributed by atoms with van der Waals surface area (Å²) in [6.45, 7) is 20.9. The van der Waals surface area contributed by atoms with Crippen molar-refractivity contribution < 1.29 is 98.7 Å². The summed E-state index contributed by atoms with van der Waals surface area (Å²) >= 11 is 18.9. The topological polar surface area (TPSA) is 334 Å². The number of hydrogen-bond acceptors (Lipinski definition) is 20. The first-order chi connectivity index (χ1) is 61.7. The Morgan fingerprint density at radius 1 is 0.323 bits per heavy atom. The average molecular weight is 2140 g/mol. The van der Waals surface area contributed by atoms with Crippen molar-refractivity contribution in [1.82, 2.24) is 0 Å². The lowest BCUT2D eigenvalue weighted by Crippen LogP contribution is -2.57. The molecule has 20 nitrogen and oxygen atoms in total. The van der Waals surface area contributed by atoms with E-state index in [-0.39, 0.29) is 178 Å². The summed E-state index contributed by atoms with van der Waals surface area (Å²) in [5.41, 5.74) is 4.16. The standard InChI is InChI=1S/C21H33BrO4.3C21H31BrO4.C21H29BrO4/c5*1-3-18(25)26-20-13-4-5-15-19(14(13)10-16(20)22)17(24)9-11-8-12(23)6-7-21(11,15)2/h11-17,19-20,23-24H,3-10H2,1-2H3;9,12-17,19-20,23-24H,3-8,10H2,1-2H3;8,12-17,19-20,23-24H,3-7,9-10H2,1-2H3;6-7,11-17,19-20,23-24H,3-5,8-10H2,1-2H3;6-7,9,12-17,19-20,23-24H,3-5,8,10H2,1-2H3/t11?,12-,13-,14?,15?,16+,17-,19?,20+,21-;2*12-,13-,14?,15?,16+,17-,19?,20+,21-;11?,12-,13-,14?,15?,16+,17-,19?,20+,21-;12-,13-,14?,15?,16+,17-,19?,20+,21-/m00000/s1. The summed E-state index contributed by atoms with van der Waals surface area (Å²) in [4.78, 5) is 60.3. The first-order valence-corrected chi connectivity index (χ1v) is 55.8. The lowest BCUT2D eigenvalue weighted by molar-refractivity contribution is -0.167. The zero-order valence-electron chi connectivity index (χ0n) is 78.6. The van der Waals surface area contributed by atoms with Gasteiger partial charge in [0.05, 0.1) is 85.2 Å². The van der Waals surface area contributed by atoms with E-state index in [2.05, 4.69) is 132 Å². The minimum atomic E-state index is -0.477. The van der Waals surface area contributed by atoms with E-state index < -0.39 is 18.3 Å². The second kappa shape index (κ2) is 40.6. The third-order valence-corrected chi connectivity index (χ3v) is 44.3. The maximum absolute atomic E-state index is 11.9. The van der Waals surface area contributed by atoms with Crippen molar-refractivity contribution in [3.05, 3.63) is 59.3 Å². The molecule has 0 aromatic carbocycles. The first kappa shape index (κ1) is 101. The van der Waals surface area contributed by atoms with Gasteiger partial charge < -0.3 is 74.7 Å². The quantitative estimate of drug-likeness (QED) is 0.0420. The normalized spacial score (nSPS) is 51.3. The molecule has 25 heteroatoms. The van der Waals surface area contributed by atoms with Crippen LogP contribution in [0.5, 0.6) is 0 Å². The molecule has 0 heterocycles. The Labute approximate surface area is 815 Å². The van der Waals surface area contributed by atoms with Gasteiger partial charge in [0.2, 0.25) is 0 Å². The SMILES string of the molecule is CCC(=O)O[C@H]1[C@H](Br)CC2C3C(CC[C@@H]21)[C@@]1(C)C=C[C@H](O)CC1=C[C@@H]3O.CCC(=O)O[C@H]1[C@H](Br)CC2C3C(CC[C@@H]21)[C@@]1(C)C=C[C@H](O)CC1C[C@@H]3O.CCC(=O)O[C@H]1[C@H](Br)CC2C3C(CC[C@@H]21)[C@@]1(C)CC[C@H](O)C=C1C[C@@H]3O.CCC(=O)O[C@H]1[C@H](Br)CC2C3C(CC[C@@H]21)[C@@]1(C)CC[C@H](O)CC1=C[C@@H]3O.CCC(=O)O[C@H]1[C@H](Br)CC2C3C(CC[C@@H]21)[C@@]1(C)CC[C@H](O)CC1C[C@@H]3O. The van der Waals surface area contributed by atoms with E-state index >= 15 is 0 Å². The Balaban J connectivity index is 0.000000119. The van der Waals surface area contributed by atoms with Crippen molar-refractivity contribution in [3.8, 4) is 0 Å². The molecule has 20 rings (SSSR count). The summed E-state index contributed by atoms with van der Waals surface area (Å²) in [6.07, 6.45) is 39.1. The molecule has 20 aliphatic rings. The number of carbonyl (C=O) groups is 5. The minimum Gasteiger partial charge on any atom is -0.461 e. The van der Waals surface area contributed by atoms with Gasteiger partial charge in [-0.2, -0.15) is 0 Å². The average Bonchev–Trinajstić information content (AvgIpc) is 1.47. The van der Waals surface area contributed by atoms with Gasteiger partial charge in [-0.05, 0) is 302 Å². The molecule has 0 bridgehead atoms. The van der Waals surface area contributed by atoms with E-state index in [1.54, 1.807) is 0 Å². The van der Waals surface area contributed by atoms with Crippen molar-refractivity contribution in [1.29, 1.82) is 0 Å². The van der Waals surface area contributed by atoms with E-state index in [1.807, 2.05) is 58.9 Å². The lowest BCUT2D eigenvalue weighted by atomic mass is 9.46. The molecule has 0 aromatic heterocycles. The molecule has 0 aliphatic heterocycles. The van der Waals surface area contributed by atoms with Crippen LogP contribution < -0.4 is 0 Å². The number of fused-ring (bicyclic) bond motifs is 25. The van der Waals surface area contributed by atoms with Crippen molar-refractivity contribution in [2.75, 3.05) is 0 Å². The number of allylic oxidation sites excluding steroid dienone is 2. The van der Waals surface area contributed by atoms with Gasteiger partial charge in [0.1, 0.15) is 30.5 Å². The van der Waals surface area contributed by atoms with E-state index in [0.29, 0.717) is 158 Å². The highest BCUT2D eigenvalue weighted by Gasteiger charge is 2.67. The van der Waals surface area contributed by atoms with Crippen molar-refractivity contribution in [2.24, 2.45) is 157 Å². The summed E-state index contributed by atoms with van der Waals surface area (Å²) in [7, 11) is 0. The van der Waals surface area contributed by atoms with Crippen LogP contribution in [-0.2, 0) is 47.7 Å². The van der Waals surface area contributed by atoms with Crippen molar-refractivity contribution in [3.63, 3.8) is 0 Å². The third-order valence-electron chi connectivity index (χ3n) is 39.8. The molecule has 0 saturated heterocycles. The van der Waals surface area contributed by atoms with Gasteiger partial charge >= 0.3 is 29.8 Å². The highest BCUT2D eigenvalue weighted by molar-refractivity contribution is 9.10. The van der Waals surface area contributed by atoms with Crippen LogP contribution in [0.4, 0.5) is 0 Å². The van der Waals surface area contributed by atoms with Crippen LogP contribution in [0.1, 0.15) is 281 Å². The van der Waals surface area contributed by atoms with Gasteiger partial charge in [-0.3, -0.25) is 24.0 Å². The number of halogens is 5. The molecule has 0 amide bonds. The zero-order valence-corrected chi connectivity index (χ0v) is 86.5. The molecule has 0 spiro atoms. The Bertz CT molecular complexity index is 4140. The number of rotatable bonds is 10. The smallest absolute Gasteiger partial charge is 0.305 e. The molecule has 0 aromatic rings. The van der Waals surface area contributed by atoms with Gasteiger partial charge in [-0.15, -0.1) is 0 Å². The van der Waals surface area contributed by atoms with Crippen LogP contribution in [0.3, 0.4) is 0 Å². The molecule has 15 saturated carbocycles. The number of alkyl halides is 5. The summed E-state index contributed by atoms with van der Waals surface area (Å²) < 4.78 is 28.9. The number of carbonyl (C=O) groups excluding carboxylic acids is 5. The van der Waals surface area contributed by atoms with Gasteiger partial charge in [0.15, 0.2) is 0 Å². The molecule has 10 N–H and O–H groups in total. The molecule has 17 unspecified atom stereocenters. The molecule has 130 heavy (non-hydrogen) atoms. The predicted molar refractivity (Wildman–Crippen MR) is 514 cm³/mol. The monoisotopic (exact) mass is 2130 g/mol. The van der Waals surface area contributed by atoms with Crippen molar-refractivity contribution in [2.45, 2.75) is 397 Å². The second-order valence-corrected chi connectivity index (χ2v) is 51.7. The van der Waals surface area contributed by atoms with Crippen LogP contribution in [0.2, 0.25) is 0 Å². The summed E-state index contributed by atoms with van der Waals surface area (Å²) in [5.74, 6) is 7.50. The van der Waals surface area contributed by atoms with E-state index in [4.69, 9.17) is 23.7 Å². The lowest BCUT2D eigenvalue weighted by Gasteiger charge is -2.60. The van der Waals surface area contributed by atoms with E-state index in [9.17, 15) is 75.0 Å².